The zero-order valence-corrected chi connectivity index (χ0v) is 13.7. The third-order valence-corrected chi connectivity index (χ3v) is 3.36. The molecule has 0 radical (unpaired) electrons. The maximum atomic E-state index is 12.2. The van der Waals surface area contributed by atoms with Crippen molar-refractivity contribution in [2.75, 3.05) is 6.61 Å². The Labute approximate surface area is 131 Å². The summed E-state index contributed by atoms with van der Waals surface area (Å²) in [4.78, 5) is 34.1. The van der Waals surface area contributed by atoms with E-state index in [0.29, 0.717) is 6.61 Å². The van der Waals surface area contributed by atoms with Crippen LogP contribution in [0.3, 0.4) is 0 Å². The first-order chi connectivity index (χ1) is 10.3. The van der Waals surface area contributed by atoms with E-state index in [1.165, 1.54) is 13.0 Å². The van der Waals surface area contributed by atoms with E-state index in [0.717, 1.165) is 30.4 Å². The average molecular weight is 308 g/mol. The predicted octanol–water partition coefficient (Wildman–Crippen LogP) is 2.74. The number of allylic oxidation sites excluding steroid dienone is 1. The number of rotatable bonds is 8. The molecule has 0 N–H and O–H groups in total. The number of esters is 2. The minimum absolute atomic E-state index is 0.0627. The van der Waals surface area contributed by atoms with E-state index in [4.69, 9.17) is 9.47 Å². The van der Waals surface area contributed by atoms with Crippen LogP contribution in [0.1, 0.15) is 47.0 Å². The van der Waals surface area contributed by atoms with Gasteiger partial charge in [0.15, 0.2) is 11.9 Å². The smallest absolute Gasteiger partial charge is 0.331 e. The van der Waals surface area contributed by atoms with E-state index >= 15 is 0 Å². The van der Waals surface area contributed by atoms with E-state index < -0.39 is 12.1 Å². The number of cyclic esters (lactones) is 1. The standard InChI is InChI=1S/C17H24O5/c1-11(2)17(22-13(4)18)15(19)8-12(3)6-5-7-14-9-16(20)21-10-14/h8-9,11,17H,5-7,10H2,1-4H3/b12-8+/t17-/m1/s1. The van der Waals surface area contributed by atoms with E-state index in [1.807, 2.05) is 20.8 Å². The Morgan fingerprint density at radius 3 is 2.55 bits per heavy atom. The molecule has 1 rings (SSSR count). The highest BCUT2D eigenvalue weighted by Gasteiger charge is 2.23. The van der Waals surface area contributed by atoms with Gasteiger partial charge in [-0.05, 0) is 43.8 Å². The van der Waals surface area contributed by atoms with Crippen molar-refractivity contribution in [2.24, 2.45) is 5.92 Å². The summed E-state index contributed by atoms with van der Waals surface area (Å²) in [6.07, 6.45) is 4.73. The molecule has 0 aromatic heterocycles. The molecule has 0 spiro atoms. The fraction of sp³-hybridized carbons (Fsp3) is 0.588. The quantitative estimate of drug-likeness (QED) is 0.509. The number of ether oxygens (including phenoxy) is 2. The predicted molar refractivity (Wildman–Crippen MR) is 82.0 cm³/mol. The fourth-order valence-corrected chi connectivity index (χ4v) is 2.25. The second-order valence-corrected chi connectivity index (χ2v) is 5.93. The van der Waals surface area contributed by atoms with Crippen molar-refractivity contribution in [2.45, 2.75) is 53.1 Å². The summed E-state index contributed by atoms with van der Waals surface area (Å²) in [5, 5.41) is 0. The molecule has 0 fully saturated rings. The molecule has 0 saturated carbocycles. The van der Waals surface area contributed by atoms with Gasteiger partial charge in [-0.1, -0.05) is 19.4 Å². The molecule has 1 aliphatic heterocycles. The van der Waals surface area contributed by atoms with Crippen molar-refractivity contribution >= 4 is 17.7 Å². The molecule has 1 aliphatic rings. The van der Waals surface area contributed by atoms with Gasteiger partial charge in [-0.2, -0.15) is 0 Å². The second kappa shape index (κ2) is 8.51. The van der Waals surface area contributed by atoms with E-state index in [-0.39, 0.29) is 17.7 Å². The van der Waals surface area contributed by atoms with Gasteiger partial charge in [-0.3, -0.25) is 9.59 Å². The summed E-state index contributed by atoms with van der Waals surface area (Å²) < 4.78 is 9.91. The molecular formula is C17H24O5. The van der Waals surface area contributed by atoms with Gasteiger partial charge < -0.3 is 9.47 Å². The molecule has 0 aliphatic carbocycles. The van der Waals surface area contributed by atoms with Gasteiger partial charge in [0.05, 0.1) is 0 Å². The van der Waals surface area contributed by atoms with Crippen molar-refractivity contribution in [1.29, 1.82) is 0 Å². The third-order valence-electron chi connectivity index (χ3n) is 3.36. The van der Waals surface area contributed by atoms with Gasteiger partial charge in [0.1, 0.15) is 6.61 Å². The molecule has 5 heteroatoms. The summed E-state index contributed by atoms with van der Waals surface area (Å²) in [5.74, 6) is -0.969. The normalized spacial score (nSPS) is 16.3. The van der Waals surface area contributed by atoms with E-state index in [2.05, 4.69) is 0 Å². The lowest BCUT2D eigenvalue weighted by atomic mass is 9.99. The Morgan fingerprint density at radius 2 is 2.05 bits per heavy atom. The van der Waals surface area contributed by atoms with Gasteiger partial charge in [-0.25, -0.2) is 4.79 Å². The number of carbonyl (C=O) groups excluding carboxylic acids is 3. The van der Waals surface area contributed by atoms with Crippen LogP contribution in [-0.4, -0.2) is 30.4 Å². The van der Waals surface area contributed by atoms with Crippen molar-refractivity contribution in [3.63, 3.8) is 0 Å². The van der Waals surface area contributed by atoms with Gasteiger partial charge in [0.25, 0.3) is 0 Å². The number of hydrogen-bond acceptors (Lipinski definition) is 5. The van der Waals surface area contributed by atoms with Gasteiger partial charge in [-0.15, -0.1) is 0 Å². The highest BCUT2D eigenvalue weighted by atomic mass is 16.5. The molecule has 5 nitrogen and oxygen atoms in total. The van der Waals surface area contributed by atoms with Crippen molar-refractivity contribution in [3.8, 4) is 0 Å². The Hall–Kier alpha value is -1.91. The van der Waals surface area contributed by atoms with Crippen LogP contribution in [0.5, 0.6) is 0 Å². The Bertz CT molecular complexity index is 499. The van der Waals surface area contributed by atoms with Crippen molar-refractivity contribution in [1.82, 2.24) is 0 Å². The third kappa shape index (κ3) is 6.24. The summed E-state index contributed by atoms with van der Waals surface area (Å²) in [6, 6.07) is 0. The zero-order valence-electron chi connectivity index (χ0n) is 13.7. The summed E-state index contributed by atoms with van der Waals surface area (Å²) in [6.45, 7) is 7.25. The fourth-order valence-electron chi connectivity index (χ4n) is 2.25. The molecule has 122 valence electrons. The minimum Gasteiger partial charge on any atom is -0.458 e. The lowest BCUT2D eigenvalue weighted by molar-refractivity contribution is -0.154. The molecule has 0 aromatic rings. The highest BCUT2D eigenvalue weighted by Crippen LogP contribution is 2.17. The molecule has 0 amide bonds. The number of ketones is 1. The van der Waals surface area contributed by atoms with Crippen LogP contribution in [0.4, 0.5) is 0 Å². The SMILES string of the molecule is CC(=O)O[C@@H](C(=O)/C=C(\C)CCCC1=CC(=O)OC1)C(C)C. The van der Waals surface area contributed by atoms with E-state index in [1.54, 1.807) is 6.08 Å². The van der Waals surface area contributed by atoms with E-state index in [9.17, 15) is 14.4 Å². The molecule has 1 atom stereocenters. The zero-order chi connectivity index (χ0) is 16.7. The first-order valence-electron chi connectivity index (χ1n) is 7.54. The molecule has 0 bridgehead atoms. The highest BCUT2D eigenvalue weighted by molar-refractivity contribution is 5.95. The molecule has 1 heterocycles. The first kappa shape index (κ1) is 18.1. The Kier molecular flexibility index (Phi) is 7.02. The lowest BCUT2D eigenvalue weighted by Gasteiger charge is -2.18. The lowest BCUT2D eigenvalue weighted by Crippen LogP contribution is -2.30. The first-order valence-corrected chi connectivity index (χ1v) is 7.54. The molecule has 22 heavy (non-hydrogen) atoms. The van der Waals surface area contributed by atoms with Crippen molar-refractivity contribution in [3.05, 3.63) is 23.3 Å². The molecular weight excluding hydrogens is 284 g/mol. The largest absolute Gasteiger partial charge is 0.458 e. The Morgan fingerprint density at radius 1 is 1.36 bits per heavy atom. The monoisotopic (exact) mass is 308 g/mol. The maximum Gasteiger partial charge on any atom is 0.331 e. The van der Waals surface area contributed by atoms with Gasteiger partial charge >= 0.3 is 11.9 Å². The van der Waals surface area contributed by atoms with Crippen LogP contribution in [0.15, 0.2) is 23.3 Å². The Balaban J connectivity index is 2.48. The molecule has 0 aromatic carbocycles. The topological polar surface area (TPSA) is 69.7 Å². The number of hydrogen-bond donors (Lipinski definition) is 0. The van der Waals surface area contributed by atoms with Crippen LogP contribution in [0.25, 0.3) is 0 Å². The molecule has 0 saturated heterocycles. The van der Waals surface area contributed by atoms with Crippen LogP contribution in [-0.2, 0) is 23.9 Å². The average Bonchev–Trinajstić information content (AvgIpc) is 2.81. The summed E-state index contributed by atoms with van der Waals surface area (Å²) >= 11 is 0. The minimum atomic E-state index is -0.726. The van der Waals surface area contributed by atoms with Crippen molar-refractivity contribution < 1.29 is 23.9 Å². The maximum absolute atomic E-state index is 12.2. The number of carbonyl (C=O) groups is 3. The van der Waals surface area contributed by atoms with Crippen LogP contribution < -0.4 is 0 Å². The summed E-state index contributed by atoms with van der Waals surface area (Å²) in [5.41, 5.74) is 1.93. The second-order valence-electron chi connectivity index (χ2n) is 5.93. The van der Waals surface area contributed by atoms with Gasteiger partial charge in [0, 0.05) is 13.0 Å². The van der Waals surface area contributed by atoms with Crippen LogP contribution >= 0.6 is 0 Å². The van der Waals surface area contributed by atoms with Crippen LogP contribution in [0.2, 0.25) is 0 Å². The van der Waals surface area contributed by atoms with Crippen LogP contribution in [0, 0.1) is 5.92 Å². The summed E-state index contributed by atoms with van der Waals surface area (Å²) in [7, 11) is 0. The molecule has 0 unspecified atom stereocenters. The van der Waals surface area contributed by atoms with Gasteiger partial charge in [0.2, 0.25) is 0 Å².